The normalized spacial score (nSPS) is 11.0. The number of nitro benzene ring substituents is 1. The molecule has 27 heavy (non-hydrogen) atoms. The highest BCUT2D eigenvalue weighted by Gasteiger charge is 2.18. The molecule has 0 radical (unpaired) electrons. The van der Waals surface area contributed by atoms with Crippen LogP contribution >= 0.6 is 12.2 Å². The zero-order valence-electron chi connectivity index (χ0n) is 14.1. The largest absolute Gasteiger partial charge is 0.374 e. The molecule has 3 N–H and O–H groups in total. The Labute approximate surface area is 158 Å². The van der Waals surface area contributed by atoms with Gasteiger partial charge in [0.15, 0.2) is 10.8 Å². The van der Waals surface area contributed by atoms with Crippen LogP contribution in [0.25, 0.3) is 11.3 Å². The van der Waals surface area contributed by atoms with Gasteiger partial charge in [-0.3, -0.25) is 20.0 Å². The molecule has 0 amide bonds. The second kappa shape index (κ2) is 7.30. The number of nitrogens with one attached hydrogen (secondary N) is 1. The van der Waals surface area contributed by atoms with Gasteiger partial charge in [0.1, 0.15) is 0 Å². The number of H-pyrrole nitrogens is 1. The van der Waals surface area contributed by atoms with Crippen molar-refractivity contribution in [3.05, 3.63) is 74.6 Å². The second-order valence-corrected chi connectivity index (χ2v) is 6.02. The maximum absolute atomic E-state index is 12.6. The molecule has 0 atom stereocenters. The number of aryl methyl sites for hydroxylation is 1. The highest BCUT2D eigenvalue weighted by molar-refractivity contribution is 7.80. The molecule has 0 aliphatic rings. The highest BCUT2D eigenvalue weighted by atomic mass is 32.1. The van der Waals surface area contributed by atoms with Gasteiger partial charge in [-0.25, -0.2) is 0 Å². The summed E-state index contributed by atoms with van der Waals surface area (Å²) in [4.78, 5) is 22.9. The van der Waals surface area contributed by atoms with Gasteiger partial charge in [-0.15, -0.1) is 5.11 Å². The fraction of sp³-hybridized carbons (Fsp3) is 0.0588. The van der Waals surface area contributed by atoms with Crippen molar-refractivity contribution in [2.24, 2.45) is 16.0 Å². The van der Waals surface area contributed by atoms with E-state index in [-0.39, 0.29) is 16.5 Å². The van der Waals surface area contributed by atoms with Crippen molar-refractivity contribution < 1.29 is 4.92 Å². The van der Waals surface area contributed by atoms with Crippen LogP contribution in [0.5, 0.6) is 0 Å². The molecule has 1 aromatic heterocycles. The summed E-state index contributed by atoms with van der Waals surface area (Å²) < 4.78 is 0.971. The van der Waals surface area contributed by atoms with E-state index >= 15 is 0 Å². The highest BCUT2D eigenvalue weighted by Crippen LogP contribution is 2.29. The van der Waals surface area contributed by atoms with E-state index in [0.717, 1.165) is 10.2 Å². The van der Waals surface area contributed by atoms with Gasteiger partial charge < -0.3 is 5.73 Å². The Morgan fingerprint density at radius 2 is 1.85 bits per heavy atom. The van der Waals surface area contributed by atoms with Gasteiger partial charge in [-0.05, 0) is 42.9 Å². The number of azo groups is 1. The molecule has 3 aromatic rings. The Balaban J connectivity index is 2.12. The predicted molar refractivity (Wildman–Crippen MR) is 105 cm³/mol. The fourth-order valence-electron chi connectivity index (χ4n) is 2.41. The summed E-state index contributed by atoms with van der Waals surface area (Å²) in [6.45, 7) is 1.87. The van der Waals surface area contributed by atoms with Gasteiger partial charge in [0.25, 0.3) is 5.69 Å². The zero-order valence-corrected chi connectivity index (χ0v) is 14.9. The van der Waals surface area contributed by atoms with Gasteiger partial charge in [0.05, 0.1) is 16.3 Å². The van der Waals surface area contributed by atoms with E-state index in [1.165, 1.54) is 24.3 Å². The minimum absolute atomic E-state index is 0.0000869. The quantitative estimate of drug-likeness (QED) is 0.308. The molecule has 10 heteroatoms. The Morgan fingerprint density at radius 3 is 2.44 bits per heavy atom. The molecular weight excluding hydrogens is 368 g/mol. The van der Waals surface area contributed by atoms with Crippen LogP contribution in [0, 0.1) is 17.0 Å². The van der Waals surface area contributed by atoms with Crippen molar-refractivity contribution in [3.8, 4) is 11.3 Å². The second-order valence-electron chi connectivity index (χ2n) is 5.60. The Bertz CT molecular complexity index is 1110. The molecular formula is C17H14N6O3S. The van der Waals surface area contributed by atoms with Gasteiger partial charge in [0, 0.05) is 17.7 Å². The minimum Gasteiger partial charge on any atom is -0.374 e. The number of benzene rings is 2. The number of aromatic amines is 1. The Morgan fingerprint density at radius 1 is 1.19 bits per heavy atom. The van der Waals surface area contributed by atoms with Crippen LogP contribution in [-0.4, -0.2) is 19.8 Å². The lowest BCUT2D eigenvalue weighted by molar-refractivity contribution is -0.384. The third-order valence-electron chi connectivity index (χ3n) is 3.83. The lowest BCUT2D eigenvalue weighted by atomic mass is 10.1. The molecule has 0 saturated heterocycles. The number of nitro groups is 1. The van der Waals surface area contributed by atoms with E-state index in [2.05, 4.69) is 15.3 Å². The van der Waals surface area contributed by atoms with E-state index in [1.807, 2.05) is 25.1 Å². The predicted octanol–water partition coefficient (Wildman–Crippen LogP) is 3.57. The van der Waals surface area contributed by atoms with Crippen molar-refractivity contribution in [1.29, 1.82) is 0 Å². The maximum Gasteiger partial charge on any atom is 0.301 e. The molecule has 0 aliphatic carbocycles. The first-order valence-electron chi connectivity index (χ1n) is 7.75. The first-order valence-corrected chi connectivity index (χ1v) is 8.16. The summed E-state index contributed by atoms with van der Waals surface area (Å²) in [5.74, 6) is 0. The molecule has 0 bridgehead atoms. The number of aromatic nitrogens is 2. The SMILES string of the molecule is Cc1ccccc1N=Nc1c(-c2ccc([N+](=O)[O-])cc2)[nH]n(C(N)=S)c1=O. The van der Waals surface area contributed by atoms with Crippen LogP contribution in [0.3, 0.4) is 0 Å². The smallest absolute Gasteiger partial charge is 0.301 e. The third kappa shape index (κ3) is 3.65. The van der Waals surface area contributed by atoms with E-state index in [4.69, 9.17) is 18.0 Å². The average molecular weight is 382 g/mol. The van der Waals surface area contributed by atoms with Crippen LogP contribution < -0.4 is 11.3 Å². The number of rotatable bonds is 4. The van der Waals surface area contributed by atoms with Crippen molar-refractivity contribution in [1.82, 2.24) is 9.78 Å². The molecule has 0 saturated carbocycles. The first-order chi connectivity index (χ1) is 12.9. The van der Waals surface area contributed by atoms with Crippen LogP contribution in [0.4, 0.5) is 17.1 Å². The molecule has 0 aliphatic heterocycles. The van der Waals surface area contributed by atoms with Crippen molar-refractivity contribution in [2.45, 2.75) is 6.92 Å². The van der Waals surface area contributed by atoms with Crippen molar-refractivity contribution in [2.75, 3.05) is 0 Å². The van der Waals surface area contributed by atoms with Crippen LogP contribution in [0.15, 0.2) is 63.6 Å². The minimum atomic E-state index is -0.562. The molecule has 0 fully saturated rings. The summed E-state index contributed by atoms with van der Waals surface area (Å²) in [5.41, 5.74) is 7.25. The molecule has 136 valence electrons. The average Bonchev–Trinajstić information content (AvgIpc) is 2.98. The van der Waals surface area contributed by atoms with Crippen LogP contribution in [0.2, 0.25) is 0 Å². The van der Waals surface area contributed by atoms with Gasteiger partial charge in [0.2, 0.25) is 0 Å². The lowest BCUT2D eigenvalue weighted by Gasteiger charge is -2.00. The first kappa shape index (κ1) is 18.1. The van der Waals surface area contributed by atoms with Crippen LogP contribution in [0.1, 0.15) is 5.56 Å². The molecule has 0 spiro atoms. The van der Waals surface area contributed by atoms with Gasteiger partial charge >= 0.3 is 5.56 Å². The molecule has 3 rings (SSSR count). The van der Waals surface area contributed by atoms with E-state index in [9.17, 15) is 14.9 Å². The summed E-state index contributed by atoms with van der Waals surface area (Å²) in [6, 6.07) is 13.0. The van der Waals surface area contributed by atoms with Crippen LogP contribution in [-0.2, 0) is 0 Å². The number of hydrogen-bond acceptors (Lipinski definition) is 6. The molecule has 1 heterocycles. The summed E-state index contributed by atoms with van der Waals surface area (Å²) in [5, 5.41) is 21.7. The topological polar surface area (TPSA) is 132 Å². The summed E-state index contributed by atoms with van der Waals surface area (Å²) in [7, 11) is 0. The van der Waals surface area contributed by atoms with E-state index in [0.29, 0.717) is 16.9 Å². The molecule has 9 nitrogen and oxygen atoms in total. The summed E-state index contributed by atoms with van der Waals surface area (Å²) >= 11 is 4.87. The standard InChI is InChI=1S/C17H14N6O3S/c1-10-4-2-3-5-13(10)19-20-15-14(21-22(16(15)24)17(18)27)11-6-8-12(9-7-11)23(25)26/h2-9,21H,1H3,(H2,18,27). The number of nitrogens with zero attached hydrogens (tertiary/aromatic N) is 4. The number of non-ortho nitro benzene ring substituents is 1. The fourth-order valence-corrected chi connectivity index (χ4v) is 2.54. The van der Waals surface area contributed by atoms with Gasteiger partial charge in [-0.1, -0.05) is 18.2 Å². The maximum atomic E-state index is 12.6. The number of thiocarbonyl (C=S) groups is 1. The van der Waals surface area contributed by atoms with Gasteiger partial charge in [-0.2, -0.15) is 9.80 Å². The number of hydrogen-bond donors (Lipinski definition) is 2. The van der Waals surface area contributed by atoms with Crippen molar-refractivity contribution in [3.63, 3.8) is 0 Å². The van der Waals surface area contributed by atoms with Crippen molar-refractivity contribution >= 4 is 34.4 Å². The summed E-state index contributed by atoms with van der Waals surface area (Å²) in [6.07, 6.45) is 0. The Kier molecular flexibility index (Phi) is 4.90. The molecule has 0 unspecified atom stereocenters. The van der Waals surface area contributed by atoms with E-state index in [1.54, 1.807) is 6.07 Å². The van der Waals surface area contributed by atoms with E-state index < -0.39 is 10.5 Å². The molecule has 2 aromatic carbocycles. The Hall–Kier alpha value is -3.66. The lowest BCUT2D eigenvalue weighted by Crippen LogP contribution is -2.29. The zero-order chi connectivity index (χ0) is 19.6. The third-order valence-corrected chi connectivity index (χ3v) is 4.01. The monoisotopic (exact) mass is 382 g/mol. The number of nitrogens with two attached hydrogens (primary N) is 1.